The highest BCUT2D eigenvalue weighted by Gasteiger charge is 2.46. The van der Waals surface area contributed by atoms with Crippen molar-refractivity contribution >= 4 is 5.97 Å². The molecule has 204 valence electrons. The van der Waals surface area contributed by atoms with Crippen LogP contribution in [0.15, 0.2) is 42.5 Å². The number of fused-ring (bicyclic) bond motifs is 5. The van der Waals surface area contributed by atoms with E-state index < -0.39 is 36.7 Å². The van der Waals surface area contributed by atoms with Crippen LogP contribution in [0, 0.1) is 0 Å². The summed E-state index contributed by atoms with van der Waals surface area (Å²) in [6.45, 7) is 1.68. The van der Waals surface area contributed by atoms with Crippen molar-refractivity contribution in [2.75, 3.05) is 27.4 Å². The molecule has 0 unspecified atom stereocenters. The molecule has 1 fully saturated rings. The number of aliphatic hydroxyl groups is 3. The number of benzene rings is 2. The van der Waals surface area contributed by atoms with Gasteiger partial charge in [-0.25, -0.2) is 4.79 Å². The predicted molar refractivity (Wildman–Crippen MR) is 131 cm³/mol. The second-order valence-electron chi connectivity index (χ2n) is 9.14. The first kappa shape index (κ1) is 26.1. The van der Waals surface area contributed by atoms with Gasteiger partial charge in [0.15, 0.2) is 11.5 Å². The predicted octanol–water partition coefficient (Wildman–Crippen LogP) is 1.62. The molecule has 0 bridgehead atoms. The number of aliphatic hydroxyl groups excluding tert-OH is 3. The van der Waals surface area contributed by atoms with Crippen molar-refractivity contribution in [2.24, 2.45) is 0 Å². The second kappa shape index (κ2) is 10.7. The van der Waals surface area contributed by atoms with E-state index in [1.54, 1.807) is 39.3 Å². The van der Waals surface area contributed by atoms with Gasteiger partial charge in [-0.05, 0) is 25.1 Å². The molecule has 5 rings (SSSR count). The minimum absolute atomic E-state index is 0.0461. The van der Waals surface area contributed by atoms with Crippen LogP contribution in [-0.2, 0) is 14.3 Å². The molecule has 38 heavy (non-hydrogen) atoms. The fourth-order valence-corrected chi connectivity index (χ4v) is 4.92. The molecule has 3 N–H and O–H groups in total. The average molecular weight is 531 g/mol. The first-order chi connectivity index (χ1) is 18.4. The first-order valence-electron chi connectivity index (χ1n) is 12.2. The number of carbonyl (C=O) groups is 1. The van der Waals surface area contributed by atoms with Crippen LogP contribution in [0.1, 0.15) is 30.1 Å². The second-order valence-corrected chi connectivity index (χ2v) is 9.14. The minimum atomic E-state index is -1.58. The van der Waals surface area contributed by atoms with E-state index in [1.807, 2.05) is 12.1 Å². The normalized spacial score (nSPS) is 29.4. The maximum absolute atomic E-state index is 11.6. The van der Waals surface area contributed by atoms with E-state index in [2.05, 4.69) is 0 Å². The molecular formula is C27H30O11. The van der Waals surface area contributed by atoms with Crippen LogP contribution in [-0.4, -0.2) is 79.4 Å². The van der Waals surface area contributed by atoms with Gasteiger partial charge < -0.3 is 48.5 Å². The summed E-state index contributed by atoms with van der Waals surface area (Å²) >= 11 is 0. The maximum Gasteiger partial charge on any atom is 0.330 e. The van der Waals surface area contributed by atoms with Crippen molar-refractivity contribution in [3.63, 3.8) is 0 Å². The van der Waals surface area contributed by atoms with Gasteiger partial charge in [0.25, 0.3) is 0 Å². The van der Waals surface area contributed by atoms with Gasteiger partial charge in [0.1, 0.15) is 48.6 Å². The van der Waals surface area contributed by atoms with Gasteiger partial charge in [0.2, 0.25) is 12.0 Å². The van der Waals surface area contributed by atoms with Gasteiger partial charge in [0.05, 0.1) is 26.7 Å². The van der Waals surface area contributed by atoms with E-state index in [0.29, 0.717) is 35.4 Å². The molecule has 3 heterocycles. The summed E-state index contributed by atoms with van der Waals surface area (Å²) in [5.41, 5.74) is 1.77. The maximum atomic E-state index is 11.6. The van der Waals surface area contributed by atoms with Crippen molar-refractivity contribution < 1.29 is 53.3 Å². The van der Waals surface area contributed by atoms with E-state index in [-0.39, 0.29) is 18.6 Å². The molecule has 0 amide bonds. The van der Waals surface area contributed by atoms with Crippen molar-refractivity contribution in [1.82, 2.24) is 0 Å². The molecule has 11 heteroatoms. The Morgan fingerprint density at radius 2 is 1.84 bits per heavy atom. The lowest BCUT2D eigenvalue weighted by molar-refractivity contribution is -0.278. The van der Waals surface area contributed by atoms with Crippen LogP contribution in [0.5, 0.6) is 28.7 Å². The molecule has 0 radical (unpaired) electrons. The number of methoxy groups -OCH3 is 2. The molecule has 3 aliphatic rings. The number of hydrogen-bond donors (Lipinski definition) is 3. The fourth-order valence-electron chi connectivity index (χ4n) is 4.92. The Bertz CT molecular complexity index is 1210. The third-order valence-corrected chi connectivity index (χ3v) is 6.86. The van der Waals surface area contributed by atoms with Crippen LogP contribution in [0.3, 0.4) is 0 Å². The third-order valence-electron chi connectivity index (χ3n) is 6.86. The first-order valence-corrected chi connectivity index (χ1v) is 12.2. The highest BCUT2D eigenvalue weighted by molar-refractivity contribution is 5.81. The zero-order valence-corrected chi connectivity index (χ0v) is 21.1. The summed E-state index contributed by atoms with van der Waals surface area (Å²) in [5.74, 6) is 1.87. The Labute approximate surface area is 219 Å². The van der Waals surface area contributed by atoms with Crippen molar-refractivity contribution in [3.8, 4) is 28.7 Å². The molecule has 0 saturated carbocycles. The Morgan fingerprint density at radius 3 is 2.58 bits per heavy atom. The zero-order chi connectivity index (χ0) is 27.0. The SMILES string of the molecule is C/C=C/C(=O)OC[C@H]1O[C@@H](Oc2ccc3c(c2)OC[C@H]2c4ccc(OC)c(OC)c4O[C@@H]32)[C@H](O)[C@@H](O)[C@@H]1O. The van der Waals surface area contributed by atoms with Gasteiger partial charge in [0, 0.05) is 23.3 Å². The lowest BCUT2D eigenvalue weighted by atomic mass is 9.89. The number of allylic oxidation sites excluding steroid dienone is 1. The number of hydrogen-bond acceptors (Lipinski definition) is 11. The summed E-state index contributed by atoms with van der Waals surface area (Å²) in [6.07, 6.45) is -4.65. The standard InChI is InChI=1S/C27H30O11/c1-4-5-20(28)35-12-19-21(29)22(30)23(31)27(37-19)36-13-6-7-15-18(10-13)34-11-16-14-8-9-17(32-2)26(33-3)25(14)38-24(15)16/h4-10,16,19,21-24,27,29-31H,11-12H2,1-3H3/b5-4+/t16-,19+,21+,22-,23+,24-,27+/m0/s1. The smallest absolute Gasteiger partial charge is 0.330 e. The molecule has 1 saturated heterocycles. The van der Waals surface area contributed by atoms with Crippen molar-refractivity contribution in [2.45, 2.75) is 49.7 Å². The quantitative estimate of drug-likeness (QED) is 0.355. The Hall–Kier alpha value is -3.51. The number of rotatable bonds is 7. The van der Waals surface area contributed by atoms with E-state index in [0.717, 1.165) is 11.1 Å². The van der Waals surface area contributed by atoms with Crippen LogP contribution in [0.4, 0.5) is 0 Å². The van der Waals surface area contributed by atoms with E-state index in [1.165, 1.54) is 12.2 Å². The molecule has 0 aliphatic carbocycles. The monoisotopic (exact) mass is 530 g/mol. The largest absolute Gasteiger partial charge is 0.493 e. The Morgan fingerprint density at radius 1 is 1.05 bits per heavy atom. The van der Waals surface area contributed by atoms with E-state index >= 15 is 0 Å². The van der Waals surface area contributed by atoms with Crippen molar-refractivity contribution in [1.29, 1.82) is 0 Å². The van der Waals surface area contributed by atoms with E-state index in [4.69, 9.17) is 33.2 Å². The van der Waals surface area contributed by atoms with Crippen LogP contribution >= 0.6 is 0 Å². The highest BCUT2D eigenvalue weighted by atomic mass is 16.7. The Kier molecular flexibility index (Phi) is 7.35. The van der Waals surface area contributed by atoms with Crippen LogP contribution in [0.2, 0.25) is 0 Å². The summed E-state index contributed by atoms with van der Waals surface area (Å²) in [4.78, 5) is 11.6. The summed E-state index contributed by atoms with van der Waals surface area (Å²) < 4.78 is 39.8. The average Bonchev–Trinajstić information content (AvgIpc) is 3.31. The van der Waals surface area contributed by atoms with Gasteiger partial charge in [-0.1, -0.05) is 12.1 Å². The lowest BCUT2D eigenvalue weighted by Crippen LogP contribution is -2.60. The van der Waals surface area contributed by atoms with Crippen LogP contribution < -0.4 is 23.7 Å². The number of esters is 1. The van der Waals surface area contributed by atoms with Crippen molar-refractivity contribution in [3.05, 3.63) is 53.6 Å². The summed E-state index contributed by atoms with van der Waals surface area (Å²) in [5, 5.41) is 31.0. The number of carbonyl (C=O) groups excluding carboxylic acids is 1. The highest BCUT2D eigenvalue weighted by Crippen LogP contribution is 2.56. The summed E-state index contributed by atoms with van der Waals surface area (Å²) in [6, 6.07) is 8.90. The lowest BCUT2D eigenvalue weighted by Gasteiger charge is -2.40. The van der Waals surface area contributed by atoms with Crippen LogP contribution in [0.25, 0.3) is 0 Å². The molecule has 2 aromatic rings. The topological polar surface area (TPSA) is 142 Å². The molecule has 11 nitrogen and oxygen atoms in total. The van der Waals surface area contributed by atoms with E-state index in [9.17, 15) is 20.1 Å². The molecule has 0 spiro atoms. The minimum Gasteiger partial charge on any atom is -0.493 e. The van der Waals surface area contributed by atoms with Gasteiger partial charge in [-0.2, -0.15) is 0 Å². The molecule has 7 atom stereocenters. The molecule has 0 aromatic heterocycles. The Balaban J connectivity index is 1.32. The molecule has 3 aliphatic heterocycles. The zero-order valence-electron chi connectivity index (χ0n) is 21.1. The molecular weight excluding hydrogens is 500 g/mol. The summed E-state index contributed by atoms with van der Waals surface area (Å²) in [7, 11) is 3.13. The van der Waals surface area contributed by atoms with Gasteiger partial charge >= 0.3 is 5.97 Å². The van der Waals surface area contributed by atoms with Gasteiger partial charge in [-0.3, -0.25) is 0 Å². The third kappa shape index (κ3) is 4.62. The fraction of sp³-hybridized carbons (Fsp3) is 0.444. The van der Waals surface area contributed by atoms with Gasteiger partial charge in [-0.15, -0.1) is 0 Å². The molecule has 2 aromatic carbocycles. The number of ether oxygens (including phenoxy) is 7.